The van der Waals surface area contributed by atoms with Crippen molar-refractivity contribution in [3.05, 3.63) is 82.9 Å². The van der Waals surface area contributed by atoms with Crippen molar-refractivity contribution in [3.63, 3.8) is 0 Å². The molecule has 2 heteroatoms. The third kappa shape index (κ3) is 4.15. The summed E-state index contributed by atoms with van der Waals surface area (Å²) >= 11 is 0. The maximum Gasteiger partial charge on any atom is 0.0649 e. The van der Waals surface area contributed by atoms with Crippen LogP contribution in [0.4, 0.5) is 0 Å². The first-order chi connectivity index (χ1) is 15.7. The molecule has 0 radical (unpaired) electrons. The molecule has 4 rings (SSSR count). The molecule has 0 saturated heterocycles. The van der Waals surface area contributed by atoms with Crippen molar-refractivity contribution < 1.29 is 0 Å². The van der Waals surface area contributed by atoms with E-state index in [2.05, 4.69) is 128 Å². The van der Waals surface area contributed by atoms with Crippen molar-refractivity contribution in [1.82, 2.24) is 0 Å². The molecule has 0 fully saturated rings. The first-order valence-corrected chi connectivity index (χ1v) is 19.4. The van der Waals surface area contributed by atoms with E-state index in [-0.39, 0.29) is 0 Å². The van der Waals surface area contributed by atoms with E-state index in [1.807, 2.05) is 0 Å². The molecule has 34 heavy (non-hydrogen) atoms. The summed E-state index contributed by atoms with van der Waals surface area (Å²) < 4.78 is 0. The van der Waals surface area contributed by atoms with Gasteiger partial charge in [0.15, 0.2) is 0 Å². The van der Waals surface area contributed by atoms with Crippen molar-refractivity contribution in [2.24, 2.45) is 0 Å². The lowest BCUT2D eigenvalue weighted by molar-refractivity contribution is 0.705. The molecular weight excluding hydrogens is 441 g/mol. The van der Waals surface area contributed by atoms with E-state index in [9.17, 15) is 0 Å². The van der Waals surface area contributed by atoms with E-state index >= 15 is 0 Å². The second-order valence-electron chi connectivity index (χ2n) is 14.0. The van der Waals surface area contributed by atoms with Crippen molar-refractivity contribution >= 4 is 27.3 Å². The van der Waals surface area contributed by atoms with Gasteiger partial charge in [-0.15, -0.1) is 0 Å². The zero-order valence-corrected chi connectivity index (χ0v) is 25.3. The van der Waals surface area contributed by atoms with Crippen LogP contribution < -0.4 is 0 Å². The van der Waals surface area contributed by atoms with Gasteiger partial charge in [0.2, 0.25) is 0 Å². The highest BCUT2D eigenvalue weighted by Gasteiger charge is 2.46. The Kier molecular flexibility index (Phi) is 6.35. The number of rotatable bonds is 5. The monoisotopic (exact) mass is 486 g/mol. The van der Waals surface area contributed by atoms with Crippen LogP contribution >= 0.6 is 0 Å². The molecule has 2 aromatic carbocycles. The molecule has 182 valence electrons. The summed E-state index contributed by atoms with van der Waals surface area (Å²) in [6.07, 6.45) is 7.64. The molecule has 2 aromatic rings. The second kappa shape index (κ2) is 8.48. The van der Waals surface area contributed by atoms with Gasteiger partial charge in [-0.25, -0.2) is 0 Å². The molecule has 2 aliphatic rings. The Hall–Kier alpha value is -1.65. The van der Waals surface area contributed by atoms with Crippen molar-refractivity contribution in [2.75, 3.05) is 0 Å². The normalized spacial score (nSPS) is 20.6. The van der Waals surface area contributed by atoms with E-state index < -0.39 is 16.1 Å². The van der Waals surface area contributed by atoms with Gasteiger partial charge >= 0.3 is 0 Å². The summed E-state index contributed by atoms with van der Waals surface area (Å²) in [4.78, 5) is 0. The summed E-state index contributed by atoms with van der Waals surface area (Å²) in [5.41, 5.74) is 10.6. The minimum atomic E-state index is -1.53. The highest BCUT2D eigenvalue weighted by Crippen LogP contribution is 2.53. The molecule has 0 bridgehead atoms. The molecule has 0 saturated carbocycles. The standard InChI is InChI=1S/C32H46Si2/c1-31(2,3)33(7,8)29-21-23(25-15-11-13-17-27(25)29)19-20-24-22-30(34(9,10)32(4,5)6)28-18-14-12-16-26(24)28/h11-18,21-22,29-30H,19-20H2,1-10H3. The van der Waals surface area contributed by atoms with E-state index in [1.165, 1.54) is 11.1 Å². The predicted molar refractivity (Wildman–Crippen MR) is 158 cm³/mol. The summed E-state index contributed by atoms with van der Waals surface area (Å²) in [6, 6.07) is 18.5. The maximum atomic E-state index is 2.68. The van der Waals surface area contributed by atoms with Crippen LogP contribution in [0.15, 0.2) is 60.7 Å². The topological polar surface area (TPSA) is 0 Å². The lowest BCUT2D eigenvalue weighted by Gasteiger charge is -2.41. The molecule has 0 aromatic heterocycles. The first-order valence-electron chi connectivity index (χ1n) is 13.3. The molecular formula is C32H46Si2. The summed E-state index contributed by atoms with van der Waals surface area (Å²) in [6.45, 7) is 25.1. The third-order valence-corrected chi connectivity index (χ3v) is 21.9. The largest absolute Gasteiger partial charge is 0.0759 e. The first kappa shape index (κ1) is 25.4. The second-order valence-corrected chi connectivity index (χ2v) is 25.1. The number of fused-ring (bicyclic) bond motifs is 2. The van der Waals surface area contributed by atoms with E-state index in [1.54, 1.807) is 22.3 Å². The molecule has 0 amide bonds. The van der Waals surface area contributed by atoms with Gasteiger partial charge in [0.1, 0.15) is 0 Å². The van der Waals surface area contributed by atoms with Crippen LogP contribution in [0.3, 0.4) is 0 Å². The average molecular weight is 487 g/mol. The van der Waals surface area contributed by atoms with Crippen LogP contribution in [0, 0.1) is 0 Å². The number of benzene rings is 2. The fraction of sp³-hybridized carbons (Fsp3) is 0.500. The molecule has 2 atom stereocenters. The Labute approximate surface area is 211 Å². The Balaban J connectivity index is 1.66. The minimum Gasteiger partial charge on any atom is -0.0759 e. The zero-order chi connectivity index (χ0) is 25.1. The van der Waals surface area contributed by atoms with Crippen LogP contribution in [0.5, 0.6) is 0 Å². The van der Waals surface area contributed by atoms with E-state index in [0.29, 0.717) is 21.2 Å². The lowest BCUT2D eigenvalue weighted by atomic mass is 9.97. The van der Waals surface area contributed by atoms with Crippen LogP contribution in [-0.2, 0) is 0 Å². The highest BCUT2D eigenvalue weighted by molar-refractivity contribution is 6.82. The molecule has 0 heterocycles. The summed E-state index contributed by atoms with van der Waals surface area (Å²) in [7, 11) is -3.05. The fourth-order valence-electron chi connectivity index (χ4n) is 5.72. The van der Waals surface area contributed by atoms with Crippen LogP contribution in [0.1, 0.15) is 87.7 Å². The quantitative estimate of drug-likeness (QED) is 0.369. The zero-order valence-electron chi connectivity index (χ0n) is 23.3. The van der Waals surface area contributed by atoms with Gasteiger partial charge in [-0.1, -0.05) is 128 Å². The van der Waals surface area contributed by atoms with Crippen molar-refractivity contribution in [1.29, 1.82) is 0 Å². The van der Waals surface area contributed by atoms with Crippen LogP contribution in [0.2, 0.25) is 36.3 Å². The highest BCUT2D eigenvalue weighted by atomic mass is 28.3. The van der Waals surface area contributed by atoms with Gasteiger partial charge in [-0.3, -0.25) is 0 Å². The molecule has 2 aliphatic carbocycles. The van der Waals surface area contributed by atoms with Gasteiger partial charge < -0.3 is 0 Å². The van der Waals surface area contributed by atoms with Gasteiger partial charge in [-0.2, -0.15) is 0 Å². The Morgan fingerprint density at radius 3 is 1.21 bits per heavy atom. The smallest absolute Gasteiger partial charge is 0.0649 e. The number of hydrogen-bond donors (Lipinski definition) is 0. The summed E-state index contributed by atoms with van der Waals surface area (Å²) in [5.74, 6) is 0. The molecule has 0 spiro atoms. The molecule has 0 nitrogen and oxygen atoms in total. The summed E-state index contributed by atoms with van der Waals surface area (Å²) in [5, 5.41) is 0.750. The minimum absolute atomic E-state index is 0.375. The lowest BCUT2D eigenvalue weighted by Crippen LogP contribution is -2.42. The number of allylic oxidation sites excluding steroid dienone is 4. The van der Waals surface area contributed by atoms with Gasteiger partial charge in [0.05, 0.1) is 16.1 Å². The Morgan fingerprint density at radius 1 is 0.559 bits per heavy atom. The van der Waals surface area contributed by atoms with Crippen molar-refractivity contribution in [3.8, 4) is 0 Å². The Morgan fingerprint density at radius 2 is 0.882 bits per heavy atom. The van der Waals surface area contributed by atoms with E-state index in [4.69, 9.17) is 0 Å². The van der Waals surface area contributed by atoms with E-state index in [0.717, 1.165) is 12.8 Å². The predicted octanol–water partition coefficient (Wildman–Crippen LogP) is 10.2. The molecule has 0 N–H and O–H groups in total. The Bertz CT molecular complexity index is 1040. The molecule has 0 aliphatic heterocycles. The van der Waals surface area contributed by atoms with Gasteiger partial charge in [0, 0.05) is 0 Å². The average Bonchev–Trinajstić information content (AvgIpc) is 3.30. The third-order valence-electron chi connectivity index (χ3n) is 10.1. The van der Waals surface area contributed by atoms with Crippen molar-refractivity contribution in [2.45, 2.75) is 102 Å². The van der Waals surface area contributed by atoms with Crippen LogP contribution in [0.25, 0.3) is 11.1 Å². The van der Waals surface area contributed by atoms with Crippen LogP contribution in [-0.4, -0.2) is 16.1 Å². The molecule has 2 unspecified atom stereocenters. The number of hydrogen-bond acceptors (Lipinski definition) is 0. The van der Waals surface area contributed by atoms with Gasteiger partial charge in [-0.05, 0) is 67.4 Å². The SMILES string of the molecule is CC(C)(C)[Si](C)(C)C1C=C(CCC2=CC([Si](C)(C)C(C)(C)C)c3ccccc32)c2ccccc21. The van der Waals surface area contributed by atoms with Gasteiger partial charge in [0.25, 0.3) is 0 Å². The fourth-order valence-corrected chi connectivity index (χ4v) is 10.9. The maximum absolute atomic E-state index is 2.68.